The summed E-state index contributed by atoms with van der Waals surface area (Å²) in [4.78, 5) is 3.83. The summed E-state index contributed by atoms with van der Waals surface area (Å²) < 4.78 is 0.653. The van der Waals surface area contributed by atoms with Gasteiger partial charge in [0.05, 0.1) is 0 Å². The van der Waals surface area contributed by atoms with Gasteiger partial charge in [-0.2, -0.15) is 0 Å². The van der Waals surface area contributed by atoms with E-state index in [9.17, 15) is 0 Å². The molecule has 1 aromatic rings. The van der Waals surface area contributed by atoms with Crippen LogP contribution in [0, 0.1) is 0 Å². The first-order valence-electron chi connectivity index (χ1n) is 2.17. The summed E-state index contributed by atoms with van der Waals surface area (Å²) in [6.07, 6.45) is 0. The summed E-state index contributed by atoms with van der Waals surface area (Å²) in [7, 11) is 0. The summed E-state index contributed by atoms with van der Waals surface area (Å²) in [6.45, 7) is 0. The highest BCUT2D eigenvalue weighted by Crippen LogP contribution is 2.18. The molecule has 0 bridgehead atoms. The lowest BCUT2D eigenvalue weighted by molar-refractivity contribution is 1.28. The normalized spacial score (nSPS) is 9.67. The van der Waals surface area contributed by atoms with Gasteiger partial charge in [0.25, 0.3) is 0 Å². The fourth-order valence-corrected chi connectivity index (χ4v) is 1.58. The topological polar surface area (TPSA) is 12.9 Å². The van der Waals surface area contributed by atoms with Crippen LogP contribution < -0.4 is 0 Å². The molecule has 0 aliphatic carbocycles. The SMILES string of the molecule is Clc1cc(Cl)nc(Br)c1. The van der Waals surface area contributed by atoms with Crippen LogP contribution in [-0.2, 0) is 0 Å². The van der Waals surface area contributed by atoms with E-state index < -0.39 is 0 Å². The van der Waals surface area contributed by atoms with Gasteiger partial charge < -0.3 is 0 Å². The predicted octanol–water partition coefficient (Wildman–Crippen LogP) is 3.15. The third kappa shape index (κ3) is 2.12. The van der Waals surface area contributed by atoms with Crippen LogP contribution in [0.3, 0.4) is 0 Å². The lowest BCUT2D eigenvalue weighted by Crippen LogP contribution is -1.74. The average molecular weight is 227 g/mol. The van der Waals surface area contributed by atoms with Crippen molar-refractivity contribution in [3.05, 3.63) is 26.9 Å². The second-order valence-electron chi connectivity index (χ2n) is 1.43. The summed E-state index contributed by atoms with van der Waals surface area (Å²) in [5.74, 6) is 0. The lowest BCUT2D eigenvalue weighted by atomic mass is 10.5. The molecule has 0 aliphatic rings. The van der Waals surface area contributed by atoms with E-state index in [1.165, 1.54) is 0 Å². The number of aromatic nitrogens is 1. The maximum Gasteiger partial charge on any atom is 0.131 e. The quantitative estimate of drug-likeness (QED) is 0.620. The van der Waals surface area contributed by atoms with Gasteiger partial charge in [-0.3, -0.25) is 0 Å². The van der Waals surface area contributed by atoms with E-state index in [4.69, 9.17) is 23.2 Å². The van der Waals surface area contributed by atoms with Gasteiger partial charge in [0, 0.05) is 5.02 Å². The first kappa shape index (κ1) is 7.32. The van der Waals surface area contributed by atoms with Gasteiger partial charge in [0.15, 0.2) is 0 Å². The van der Waals surface area contributed by atoms with Gasteiger partial charge in [-0.1, -0.05) is 23.2 Å². The smallest absolute Gasteiger partial charge is 0.131 e. The van der Waals surface area contributed by atoms with Crippen molar-refractivity contribution < 1.29 is 0 Å². The van der Waals surface area contributed by atoms with Gasteiger partial charge in [0.1, 0.15) is 9.76 Å². The molecular formula is C5H2BrCl2N. The van der Waals surface area contributed by atoms with E-state index in [0.29, 0.717) is 14.8 Å². The van der Waals surface area contributed by atoms with Crippen LogP contribution in [-0.4, -0.2) is 4.98 Å². The van der Waals surface area contributed by atoms with Crippen molar-refractivity contribution in [3.8, 4) is 0 Å². The van der Waals surface area contributed by atoms with Crippen molar-refractivity contribution in [2.45, 2.75) is 0 Å². The molecule has 0 saturated carbocycles. The zero-order valence-electron chi connectivity index (χ0n) is 4.24. The van der Waals surface area contributed by atoms with Crippen molar-refractivity contribution in [1.82, 2.24) is 4.98 Å². The highest BCUT2D eigenvalue weighted by atomic mass is 79.9. The molecule has 1 heterocycles. The zero-order chi connectivity index (χ0) is 6.85. The van der Waals surface area contributed by atoms with Crippen LogP contribution in [0.25, 0.3) is 0 Å². The van der Waals surface area contributed by atoms with Gasteiger partial charge in [-0.25, -0.2) is 4.98 Å². The number of rotatable bonds is 0. The molecule has 1 aromatic heterocycles. The van der Waals surface area contributed by atoms with E-state index in [1.54, 1.807) is 12.1 Å². The molecule has 0 fully saturated rings. The monoisotopic (exact) mass is 225 g/mol. The molecule has 9 heavy (non-hydrogen) atoms. The number of nitrogens with zero attached hydrogens (tertiary/aromatic N) is 1. The molecule has 0 aliphatic heterocycles. The molecule has 48 valence electrons. The molecule has 0 aromatic carbocycles. The molecule has 1 nitrogen and oxygen atoms in total. The standard InChI is InChI=1S/C5H2BrCl2N/c6-4-1-3(7)2-5(8)9-4/h1-2H. The maximum atomic E-state index is 5.60. The number of hydrogen-bond acceptors (Lipinski definition) is 1. The first-order valence-corrected chi connectivity index (χ1v) is 3.72. The minimum atomic E-state index is 0.398. The Morgan fingerprint density at radius 2 is 2.00 bits per heavy atom. The van der Waals surface area contributed by atoms with Crippen LogP contribution in [0.4, 0.5) is 0 Å². The van der Waals surface area contributed by atoms with Crippen molar-refractivity contribution in [2.24, 2.45) is 0 Å². The van der Waals surface area contributed by atoms with Gasteiger partial charge in [-0.15, -0.1) is 0 Å². The highest BCUT2D eigenvalue weighted by molar-refractivity contribution is 9.10. The van der Waals surface area contributed by atoms with E-state index in [1.807, 2.05) is 0 Å². The van der Waals surface area contributed by atoms with Gasteiger partial charge >= 0.3 is 0 Å². The van der Waals surface area contributed by atoms with E-state index in [-0.39, 0.29) is 0 Å². The highest BCUT2D eigenvalue weighted by Gasteiger charge is 1.93. The van der Waals surface area contributed by atoms with Gasteiger partial charge in [0.2, 0.25) is 0 Å². The van der Waals surface area contributed by atoms with Crippen molar-refractivity contribution in [2.75, 3.05) is 0 Å². The molecule has 0 radical (unpaired) electrons. The van der Waals surface area contributed by atoms with Crippen LogP contribution in [0.15, 0.2) is 16.7 Å². The lowest BCUT2D eigenvalue weighted by Gasteiger charge is -1.91. The second kappa shape index (κ2) is 2.86. The zero-order valence-corrected chi connectivity index (χ0v) is 7.33. The summed E-state index contributed by atoms with van der Waals surface area (Å²) in [6, 6.07) is 3.25. The largest absolute Gasteiger partial charge is 0.229 e. The Kier molecular flexibility index (Phi) is 2.33. The number of pyridine rings is 1. The van der Waals surface area contributed by atoms with Gasteiger partial charge in [-0.05, 0) is 28.1 Å². The van der Waals surface area contributed by atoms with Crippen LogP contribution in [0.1, 0.15) is 0 Å². The van der Waals surface area contributed by atoms with E-state index in [0.717, 1.165) is 0 Å². The molecule has 1 rings (SSSR count). The van der Waals surface area contributed by atoms with Crippen LogP contribution in [0.2, 0.25) is 10.2 Å². The fourth-order valence-electron chi connectivity index (χ4n) is 0.436. The molecule has 0 atom stereocenters. The maximum absolute atomic E-state index is 5.60. The molecule has 4 heteroatoms. The van der Waals surface area contributed by atoms with Crippen LogP contribution in [0.5, 0.6) is 0 Å². The molecule has 0 spiro atoms. The molecular weight excluding hydrogens is 225 g/mol. The third-order valence-corrected chi connectivity index (χ3v) is 1.55. The summed E-state index contributed by atoms with van der Waals surface area (Å²) in [5, 5.41) is 0.983. The van der Waals surface area contributed by atoms with Crippen molar-refractivity contribution in [1.29, 1.82) is 0 Å². The van der Waals surface area contributed by atoms with E-state index in [2.05, 4.69) is 20.9 Å². The molecule has 0 saturated heterocycles. The van der Waals surface area contributed by atoms with Crippen molar-refractivity contribution in [3.63, 3.8) is 0 Å². The second-order valence-corrected chi connectivity index (χ2v) is 3.07. The molecule has 0 amide bonds. The Labute approximate surface area is 71.1 Å². The Hall–Kier alpha value is 0.210. The number of hydrogen-bond donors (Lipinski definition) is 0. The van der Waals surface area contributed by atoms with Crippen LogP contribution >= 0.6 is 39.1 Å². The Morgan fingerprint density at radius 1 is 1.33 bits per heavy atom. The number of halogens is 3. The first-order chi connectivity index (χ1) is 4.18. The molecule has 0 N–H and O–H groups in total. The summed E-state index contributed by atoms with van der Waals surface area (Å²) >= 11 is 14.3. The molecule has 0 unspecified atom stereocenters. The Bertz CT molecular complexity index is 176. The van der Waals surface area contributed by atoms with E-state index >= 15 is 0 Å². The summed E-state index contributed by atoms with van der Waals surface area (Å²) in [5.41, 5.74) is 0. The Balaban J connectivity index is 3.17. The third-order valence-electron chi connectivity index (χ3n) is 0.728. The average Bonchev–Trinajstić information content (AvgIpc) is 1.59. The minimum Gasteiger partial charge on any atom is -0.229 e. The fraction of sp³-hybridized carbons (Fsp3) is 0. The Morgan fingerprint density at radius 3 is 2.44 bits per heavy atom. The minimum absolute atomic E-state index is 0.398. The predicted molar refractivity (Wildman–Crippen MR) is 42.0 cm³/mol. The van der Waals surface area contributed by atoms with Crippen molar-refractivity contribution >= 4 is 39.1 Å².